The van der Waals surface area contributed by atoms with E-state index in [1.807, 2.05) is 27.7 Å². The van der Waals surface area contributed by atoms with Crippen LogP contribution in [0.5, 0.6) is 0 Å². The van der Waals surface area contributed by atoms with Crippen molar-refractivity contribution in [2.75, 3.05) is 6.61 Å². The van der Waals surface area contributed by atoms with Crippen LogP contribution in [0, 0.1) is 0 Å². The molecule has 0 aromatic carbocycles. The predicted octanol–water partition coefficient (Wildman–Crippen LogP) is 0.375. The fourth-order valence-electron chi connectivity index (χ4n) is 2.84. The van der Waals surface area contributed by atoms with E-state index in [2.05, 4.69) is 0 Å². The van der Waals surface area contributed by atoms with Crippen molar-refractivity contribution in [2.45, 2.75) is 70.0 Å². The van der Waals surface area contributed by atoms with Crippen LogP contribution >= 0.6 is 0 Å². The Morgan fingerprint density at radius 3 is 2.06 bits per heavy atom. The number of hydrogen-bond donors (Lipinski definition) is 1. The quantitative estimate of drug-likeness (QED) is 0.735. The van der Waals surface area contributed by atoms with Gasteiger partial charge in [-0.2, -0.15) is 0 Å². The molecule has 0 bridgehead atoms. The lowest BCUT2D eigenvalue weighted by molar-refractivity contribution is -0.240. The average molecular weight is 260 g/mol. The molecule has 0 saturated carbocycles. The third-order valence-corrected chi connectivity index (χ3v) is 3.43. The minimum Gasteiger partial charge on any atom is -0.394 e. The SMILES string of the molecule is CC1(C)O[C@@H]2O[C@H](CO)[C@@H]3OC(C)(C)O[C@H]3[C@@H]2O1. The fraction of sp³-hybridized carbons (Fsp3) is 1.00. The molecule has 0 aliphatic carbocycles. The Morgan fingerprint density at radius 1 is 0.833 bits per heavy atom. The van der Waals surface area contributed by atoms with Crippen molar-refractivity contribution in [3.8, 4) is 0 Å². The highest BCUT2D eigenvalue weighted by Gasteiger charge is 2.60. The highest BCUT2D eigenvalue weighted by atomic mass is 16.9. The van der Waals surface area contributed by atoms with Gasteiger partial charge in [-0.05, 0) is 27.7 Å². The monoisotopic (exact) mass is 260 g/mol. The highest BCUT2D eigenvalue weighted by Crippen LogP contribution is 2.43. The molecule has 0 aromatic rings. The van der Waals surface area contributed by atoms with Gasteiger partial charge in [0.15, 0.2) is 17.9 Å². The van der Waals surface area contributed by atoms with Gasteiger partial charge < -0.3 is 28.8 Å². The summed E-state index contributed by atoms with van der Waals surface area (Å²) in [5.74, 6) is -1.41. The highest BCUT2D eigenvalue weighted by molar-refractivity contribution is 4.99. The first-order chi connectivity index (χ1) is 8.31. The summed E-state index contributed by atoms with van der Waals surface area (Å²) in [6.07, 6.45) is -1.90. The van der Waals surface area contributed by atoms with Gasteiger partial charge in [-0.3, -0.25) is 0 Å². The molecular formula is C12H20O6. The first kappa shape index (κ1) is 12.8. The Hall–Kier alpha value is -0.240. The predicted molar refractivity (Wildman–Crippen MR) is 59.6 cm³/mol. The molecular weight excluding hydrogens is 240 g/mol. The van der Waals surface area contributed by atoms with Crippen LogP contribution in [-0.2, 0) is 23.7 Å². The van der Waals surface area contributed by atoms with Gasteiger partial charge in [0.05, 0.1) is 6.61 Å². The molecule has 6 nitrogen and oxygen atoms in total. The number of hydrogen-bond acceptors (Lipinski definition) is 6. The Balaban J connectivity index is 1.86. The van der Waals surface area contributed by atoms with Gasteiger partial charge in [0.2, 0.25) is 0 Å². The van der Waals surface area contributed by atoms with Crippen molar-refractivity contribution >= 4 is 0 Å². The van der Waals surface area contributed by atoms with Crippen LogP contribution in [0.25, 0.3) is 0 Å². The molecule has 0 unspecified atom stereocenters. The summed E-state index contributed by atoms with van der Waals surface area (Å²) >= 11 is 0. The maximum atomic E-state index is 9.40. The zero-order chi connectivity index (χ0) is 13.1. The third kappa shape index (κ3) is 1.97. The topological polar surface area (TPSA) is 66.4 Å². The van der Waals surface area contributed by atoms with Crippen LogP contribution in [-0.4, -0.2) is 54.0 Å². The Labute approximate surface area is 106 Å². The van der Waals surface area contributed by atoms with Crippen LogP contribution in [0.15, 0.2) is 0 Å². The number of ether oxygens (including phenoxy) is 5. The molecule has 0 radical (unpaired) electrons. The van der Waals surface area contributed by atoms with Crippen LogP contribution < -0.4 is 0 Å². The zero-order valence-corrected chi connectivity index (χ0v) is 11.1. The van der Waals surface area contributed by atoms with E-state index in [-0.39, 0.29) is 24.9 Å². The molecule has 3 aliphatic rings. The molecule has 3 saturated heterocycles. The Morgan fingerprint density at radius 2 is 1.39 bits per heavy atom. The van der Waals surface area contributed by atoms with Gasteiger partial charge in [0.25, 0.3) is 0 Å². The van der Waals surface area contributed by atoms with E-state index in [0.717, 1.165) is 0 Å². The molecule has 3 fully saturated rings. The second-order valence-electron chi connectivity index (χ2n) is 5.89. The van der Waals surface area contributed by atoms with Crippen molar-refractivity contribution in [2.24, 2.45) is 0 Å². The molecule has 6 heteroatoms. The summed E-state index contributed by atoms with van der Waals surface area (Å²) in [4.78, 5) is 0. The molecule has 3 rings (SSSR count). The molecule has 3 heterocycles. The number of aliphatic hydroxyl groups excluding tert-OH is 1. The smallest absolute Gasteiger partial charge is 0.190 e. The second kappa shape index (κ2) is 3.88. The van der Waals surface area contributed by atoms with Crippen molar-refractivity contribution in [3.05, 3.63) is 0 Å². The maximum Gasteiger partial charge on any atom is 0.190 e. The van der Waals surface area contributed by atoms with Gasteiger partial charge in [-0.1, -0.05) is 0 Å². The van der Waals surface area contributed by atoms with Gasteiger partial charge in [-0.25, -0.2) is 0 Å². The molecule has 0 spiro atoms. The lowest BCUT2D eigenvalue weighted by Crippen LogP contribution is -2.56. The Bertz CT molecular complexity index is 341. The molecule has 3 aliphatic heterocycles. The van der Waals surface area contributed by atoms with Crippen molar-refractivity contribution in [1.29, 1.82) is 0 Å². The van der Waals surface area contributed by atoms with E-state index >= 15 is 0 Å². The van der Waals surface area contributed by atoms with Crippen molar-refractivity contribution in [3.63, 3.8) is 0 Å². The summed E-state index contributed by atoms with van der Waals surface area (Å²) < 4.78 is 28.9. The first-order valence-electron chi connectivity index (χ1n) is 6.29. The fourth-order valence-corrected chi connectivity index (χ4v) is 2.84. The van der Waals surface area contributed by atoms with Crippen LogP contribution in [0.4, 0.5) is 0 Å². The lowest BCUT2D eigenvalue weighted by atomic mass is 9.99. The van der Waals surface area contributed by atoms with E-state index in [1.54, 1.807) is 0 Å². The summed E-state index contributed by atoms with van der Waals surface area (Å²) in [7, 11) is 0. The minimum absolute atomic E-state index is 0.131. The van der Waals surface area contributed by atoms with E-state index < -0.39 is 24.0 Å². The summed E-state index contributed by atoms with van der Waals surface area (Å²) in [6.45, 7) is 7.22. The Kier molecular flexibility index (Phi) is 2.75. The molecule has 5 atom stereocenters. The summed E-state index contributed by atoms with van der Waals surface area (Å²) in [5.41, 5.74) is 0. The van der Waals surface area contributed by atoms with Gasteiger partial charge in [0.1, 0.15) is 24.4 Å². The van der Waals surface area contributed by atoms with Crippen LogP contribution in [0.3, 0.4) is 0 Å². The van der Waals surface area contributed by atoms with Crippen molar-refractivity contribution < 1.29 is 28.8 Å². The molecule has 0 aromatic heterocycles. The molecule has 18 heavy (non-hydrogen) atoms. The van der Waals surface area contributed by atoms with E-state index in [9.17, 15) is 5.11 Å². The first-order valence-corrected chi connectivity index (χ1v) is 6.29. The van der Waals surface area contributed by atoms with Gasteiger partial charge in [0, 0.05) is 0 Å². The van der Waals surface area contributed by atoms with Gasteiger partial charge >= 0.3 is 0 Å². The second-order valence-corrected chi connectivity index (χ2v) is 5.89. The number of fused-ring (bicyclic) bond motifs is 3. The largest absolute Gasteiger partial charge is 0.394 e. The average Bonchev–Trinajstić information content (AvgIpc) is 2.71. The van der Waals surface area contributed by atoms with E-state index in [4.69, 9.17) is 23.7 Å². The number of aliphatic hydroxyl groups is 1. The summed E-state index contributed by atoms with van der Waals surface area (Å²) in [6, 6.07) is 0. The van der Waals surface area contributed by atoms with Gasteiger partial charge in [-0.15, -0.1) is 0 Å². The van der Waals surface area contributed by atoms with Crippen molar-refractivity contribution in [1.82, 2.24) is 0 Å². The molecule has 0 amide bonds. The molecule has 1 N–H and O–H groups in total. The van der Waals surface area contributed by atoms with Crippen LogP contribution in [0.2, 0.25) is 0 Å². The van der Waals surface area contributed by atoms with Crippen LogP contribution in [0.1, 0.15) is 27.7 Å². The van der Waals surface area contributed by atoms with E-state index in [0.29, 0.717) is 0 Å². The molecule has 104 valence electrons. The standard InChI is InChI=1S/C12H20O6/c1-11(2)15-7-6(5-13)14-10-9(8(7)16-11)17-12(3,4)18-10/h6-10,13H,5H2,1-4H3/t6-,7+,8-,9+,10+/m1/s1. The maximum absolute atomic E-state index is 9.40. The minimum atomic E-state index is -0.708. The van der Waals surface area contributed by atoms with E-state index in [1.165, 1.54) is 0 Å². The normalized spacial score (nSPS) is 48.8. The number of rotatable bonds is 1. The zero-order valence-electron chi connectivity index (χ0n) is 11.1. The summed E-state index contributed by atoms with van der Waals surface area (Å²) in [5, 5.41) is 9.40. The third-order valence-electron chi connectivity index (χ3n) is 3.43. The lowest BCUT2D eigenvalue weighted by Gasteiger charge is -2.36.